The van der Waals surface area contributed by atoms with E-state index in [1.165, 1.54) is 0 Å². The van der Waals surface area contributed by atoms with E-state index in [1.54, 1.807) is 0 Å². The van der Waals surface area contributed by atoms with E-state index in [0.717, 1.165) is 0 Å². The molecule has 0 aliphatic heterocycles. The molecule has 0 bridgehead atoms. The van der Waals surface area contributed by atoms with Gasteiger partial charge in [-0.25, -0.2) is 0 Å². The fourth-order valence-electron chi connectivity index (χ4n) is 0.249. The van der Waals surface area contributed by atoms with Gasteiger partial charge in [0, 0.05) is 0 Å². The highest BCUT2D eigenvalue weighted by Gasteiger charge is 2.14. The highest BCUT2D eigenvalue weighted by molar-refractivity contribution is 7.81. The average Bonchev–Trinajstić information content (AvgIpc) is 1.49. The van der Waals surface area contributed by atoms with Crippen LogP contribution in [0.5, 0.6) is 0 Å². The molecule has 16 N–H and O–H groups in total. The maximum Gasteiger partial charge on any atom is 0.449 e. The third-order valence-corrected chi connectivity index (χ3v) is 1.19. The summed E-state index contributed by atoms with van der Waals surface area (Å²) in [7, 11) is -9.79. The summed E-state index contributed by atoms with van der Waals surface area (Å²) in [5, 5.41) is 0. The minimum Gasteiger partial charge on any atom is -0.412 e. The predicted octanol–water partition coefficient (Wildman–Crippen LogP) is -6.68. The van der Waals surface area contributed by atoms with E-state index in [1.807, 2.05) is 0 Å². The Kier molecular flexibility index (Phi) is 46.4. The van der Waals surface area contributed by atoms with Gasteiger partial charge in [0.25, 0.3) is 0 Å². The quantitative estimate of drug-likeness (QED) is 0.362. The molecule has 0 amide bonds. The summed E-state index contributed by atoms with van der Waals surface area (Å²) in [6.07, 6.45) is 0. The molecule has 0 spiro atoms. The van der Waals surface area contributed by atoms with Crippen LogP contribution in [-0.2, 0) is 29.2 Å². The van der Waals surface area contributed by atoms with Gasteiger partial charge < -0.3 is 46.7 Å². The molecule has 0 radical (unpaired) electrons. The Balaban J connectivity index is -0.0000000288. The highest BCUT2D eigenvalue weighted by Crippen LogP contribution is 2.03. The predicted molar refractivity (Wildman–Crippen MR) is 59.7 cm³/mol. The summed E-state index contributed by atoms with van der Waals surface area (Å²) in [5.41, 5.74) is 0. The van der Waals surface area contributed by atoms with Crippen molar-refractivity contribution in [3.63, 3.8) is 0 Å². The summed E-state index contributed by atoms with van der Waals surface area (Å²) in [6.45, 7) is 2.60. The van der Waals surface area contributed by atoms with Crippen LogP contribution in [-0.4, -0.2) is 64.3 Å². The summed E-state index contributed by atoms with van der Waals surface area (Å²) in [4.78, 5) is 0. The molecular weight excluding hydrogens is 328 g/mol. The maximum absolute atomic E-state index is 9.84. The van der Waals surface area contributed by atoms with Gasteiger partial charge in [0.2, 0.25) is 0 Å². The van der Waals surface area contributed by atoms with Crippen LogP contribution in [0.1, 0.15) is 0 Å². The number of rotatable bonds is 4. The topological polar surface area (TPSA) is 348 Å². The Morgan fingerprint density at radius 3 is 0.947 bits per heavy atom. The molecule has 0 saturated carbocycles. The van der Waals surface area contributed by atoms with Gasteiger partial charge in [-0.05, 0) is 6.58 Å². The van der Waals surface area contributed by atoms with E-state index < -0.39 is 26.7 Å². The average molecular weight is 346 g/mol. The lowest BCUT2D eigenvalue weighted by atomic mass is 11.1. The van der Waals surface area contributed by atoms with Crippen molar-refractivity contribution in [3.05, 3.63) is 12.5 Å². The molecule has 0 aromatic carbocycles. The van der Waals surface area contributed by atoms with Crippen molar-refractivity contribution in [2.24, 2.45) is 0 Å². The van der Waals surface area contributed by atoms with Gasteiger partial charge in [-0.15, -0.1) is 0 Å². The second-order valence-corrected chi connectivity index (χ2v) is 3.44. The van der Waals surface area contributed by atoms with Gasteiger partial charge >= 0.3 is 26.7 Å². The molecule has 0 heterocycles. The lowest BCUT2D eigenvalue weighted by Gasteiger charge is -2.02. The number of hydrogen-bond donors (Lipinski definition) is 2. The zero-order valence-corrected chi connectivity index (χ0v) is 10.5. The van der Waals surface area contributed by atoms with Crippen LogP contribution in [0.25, 0.3) is 0 Å². The molecule has 19 heavy (non-hydrogen) atoms. The first-order valence-corrected chi connectivity index (χ1v) is 4.86. The molecular formula is C2H18O15S2. The van der Waals surface area contributed by atoms with Crippen LogP contribution >= 0.6 is 0 Å². The van der Waals surface area contributed by atoms with Gasteiger partial charge in [-0.2, -0.15) is 16.8 Å². The summed E-state index contributed by atoms with van der Waals surface area (Å²) in [5.74, 6) is -1.29. The van der Waals surface area contributed by atoms with Crippen molar-refractivity contribution in [2.75, 3.05) is 0 Å². The second-order valence-electron chi connectivity index (χ2n) is 1.39. The molecule has 0 aliphatic rings. The Morgan fingerprint density at radius 1 is 0.684 bits per heavy atom. The van der Waals surface area contributed by atoms with Crippen LogP contribution in [0.4, 0.5) is 0 Å². The van der Waals surface area contributed by atoms with E-state index in [4.69, 9.17) is 9.11 Å². The van der Waals surface area contributed by atoms with Crippen molar-refractivity contribution < 1.29 is 72.6 Å². The summed E-state index contributed by atoms with van der Waals surface area (Å²) < 4.78 is 62.0. The van der Waals surface area contributed by atoms with Crippen molar-refractivity contribution in [1.82, 2.24) is 0 Å². The Bertz CT molecular complexity index is 325. The number of hydrogen-bond acceptors (Lipinski definition) is 6. The zero-order valence-electron chi connectivity index (χ0n) is 8.87. The van der Waals surface area contributed by atoms with E-state index in [0.29, 0.717) is 0 Å². The molecule has 0 aliphatic carbocycles. The lowest BCUT2D eigenvalue weighted by Crippen LogP contribution is -2.09. The molecule has 128 valence electrons. The van der Waals surface area contributed by atoms with Crippen LogP contribution in [0.3, 0.4) is 0 Å². The van der Waals surface area contributed by atoms with Gasteiger partial charge in [0.1, 0.15) is 0 Å². The first kappa shape index (κ1) is 52.2. The normalized spacial score (nSPS) is 7.68. The Hall–Kier alpha value is -1.12. The van der Waals surface area contributed by atoms with E-state index >= 15 is 0 Å². The molecule has 0 atom stereocenters. The monoisotopic (exact) mass is 346 g/mol. The standard InChI is InChI=1S/C2H4O8S2.7H2O/c1-2(9-11(3,4)5)10-12(6,7)8;;;;;;;/h1H2,(H,3,4,5)(H,6,7,8);7*1H2. The van der Waals surface area contributed by atoms with Crippen molar-refractivity contribution in [1.29, 1.82) is 0 Å². The van der Waals surface area contributed by atoms with Gasteiger partial charge in [0.05, 0.1) is 0 Å². The molecule has 17 heteroatoms. The van der Waals surface area contributed by atoms with Crippen LogP contribution in [0.2, 0.25) is 0 Å². The molecule has 0 aromatic rings. The van der Waals surface area contributed by atoms with Crippen molar-refractivity contribution in [3.8, 4) is 0 Å². The van der Waals surface area contributed by atoms with E-state index in [2.05, 4.69) is 14.9 Å². The largest absolute Gasteiger partial charge is 0.449 e. The molecule has 0 aromatic heterocycles. The van der Waals surface area contributed by atoms with Gasteiger partial charge in [0.15, 0.2) is 0 Å². The molecule has 0 unspecified atom stereocenters. The molecule has 0 saturated heterocycles. The Labute approximate surface area is 107 Å². The van der Waals surface area contributed by atoms with E-state index in [9.17, 15) is 16.8 Å². The Morgan fingerprint density at radius 2 is 0.842 bits per heavy atom. The van der Waals surface area contributed by atoms with Crippen molar-refractivity contribution in [2.45, 2.75) is 0 Å². The van der Waals surface area contributed by atoms with Crippen LogP contribution < -0.4 is 0 Å². The highest BCUT2D eigenvalue weighted by atomic mass is 32.3. The SMILES string of the molecule is C=C(OS(=O)(=O)O)OS(=O)(=O)O.O.O.O.O.O.O.O. The third kappa shape index (κ3) is 47.4. The first-order valence-electron chi connectivity index (χ1n) is 2.13. The van der Waals surface area contributed by atoms with Crippen LogP contribution in [0, 0.1) is 0 Å². The molecule has 0 rings (SSSR count). The fraction of sp³-hybridized carbons (Fsp3) is 0. The molecule has 0 fully saturated rings. The van der Waals surface area contributed by atoms with E-state index in [-0.39, 0.29) is 38.3 Å². The first-order chi connectivity index (χ1) is 5.10. The summed E-state index contributed by atoms with van der Waals surface area (Å²) in [6, 6.07) is 0. The lowest BCUT2D eigenvalue weighted by molar-refractivity contribution is 0.198. The minimum atomic E-state index is -4.90. The van der Waals surface area contributed by atoms with Gasteiger partial charge in [-0.1, -0.05) is 0 Å². The van der Waals surface area contributed by atoms with Crippen LogP contribution in [0.15, 0.2) is 12.5 Å². The zero-order chi connectivity index (χ0) is 9.99. The minimum absolute atomic E-state index is 0. The third-order valence-electron chi connectivity index (χ3n) is 0.397. The fourth-order valence-corrected chi connectivity index (χ4v) is 0.830. The molecule has 15 nitrogen and oxygen atoms in total. The second kappa shape index (κ2) is 16.9. The maximum atomic E-state index is 9.84. The smallest absolute Gasteiger partial charge is 0.412 e. The summed E-state index contributed by atoms with van der Waals surface area (Å²) >= 11 is 0. The van der Waals surface area contributed by atoms with Crippen molar-refractivity contribution >= 4 is 20.8 Å². The van der Waals surface area contributed by atoms with Gasteiger partial charge in [-0.3, -0.25) is 9.11 Å².